The van der Waals surface area contributed by atoms with E-state index in [2.05, 4.69) is 15.4 Å². The van der Waals surface area contributed by atoms with Crippen LogP contribution in [-0.2, 0) is 6.54 Å². The van der Waals surface area contributed by atoms with Crippen LogP contribution in [0.5, 0.6) is 17.2 Å². The Kier molecular flexibility index (Phi) is 6.76. The van der Waals surface area contributed by atoms with Crippen molar-refractivity contribution in [2.75, 3.05) is 19.5 Å². The van der Waals surface area contributed by atoms with Crippen molar-refractivity contribution in [1.82, 2.24) is 5.32 Å². The highest BCUT2D eigenvalue weighted by molar-refractivity contribution is 7.80. The lowest BCUT2D eigenvalue weighted by Crippen LogP contribution is -2.27. The molecule has 0 aliphatic heterocycles. The lowest BCUT2D eigenvalue weighted by molar-refractivity contribution is -0.0512. The predicted octanol–water partition coefficient (Wildman–Crippen LogP) is 3.79. The first-order valence-corrected chi connectivity index (χ1v) is 7.73. The summed E-state index contributed by atoms with van der Waals surface area (Å²) in [4.78, 5) is 0. The summed E-state index contributed by atoms with van der Waals surface area (Å²) < 4.78 is 39.2. The summed E-state index contributed by atoms with van der Waals surface area (Å²) >= 11 is 5.23. The molecule has 2 N–H and O–H groups in total. The molecule has 0 saturated carbocycles. The molecule has 134 valence electrons. The molecule has 0 aromatic heterocycles. The number of benzene rings is 2. The van der Waals surface area contributed by atoms with Gasteiger partial charge in [-0.3, -0.25) is 0 Å². The van der Waals surface area contributed by atoms with Gasteiger partial charge in [-0.2, -0.15) is 8.78 Å². The SMILES string of the molecule is COc1ccc(NC(=S)NCc2ccc(OC(F)F)c(OC)c2)cc1. The van der Waals surface area contributed by atoms with E-state index in [-0.39, 0.29) is 11.5 Å². The number of thiocarbonyl (C=S) groups is 1. The van der Waals surface area contributed by atoms with Crippen LogP contribution in [0.15, 0.2) is 42.5 Å². The molecule has 5 nitrogen and oxygen atoms in total. The van der Waals surface area contributed by atoms with Gasteiger partial charge in [-0.15, -0.1) is 0 Å². The minimum atomic E-state index is -2.90. The fourth-order valence-corrected chi connectivity index (χ4v) is 2.24. The van der Waals surface area contributed by atoms with E-state index in [4.69, 9.17) is 21.7 Å². The Balaban J connectivity index is 1.92. The van der Waals surface area contributed by atoms with Gasteiger partial charge in [0.1, 0.15) is 5.75 Å². The van der Waals surface area contributed by atoms with Crippen molar-refractivity contribution >= 4 is 23.0 Å². The molecule has 0 radical (unpaired) electrons. The van der Waals surface area contributed by atoms with E-state index in [1.165, 1.54) is 13.2 Å². The first-order valence-electron chi connectivity index (χ1n) is 7.32. The molecule has 0 atom stereocenters. The Labute approximate surface area is 149 Å². The largest absolute Gasteiger partial charge is 0.497 e. The highest BCUT2D eigenvalue weighted by Crippen LogP contribution is 2.29. The van der Waals surface area contributed by atoms with Gasteiger partial charge < -0.3 is 24.8 Å². The standard InChI is InChI=1S/C17H18F2N2O3S/c1-22-13-6-4-12(5-7-13)21-17(25)20-10-11-3-8-14(24-16(18)19)15(9-11)23-2/h3-9,16H,10H2,1-2H3,(H2,20,21,25). The van der Waals surface area contributed by atoms with E-state index in [9.17, 15) is 8.78 Å². The topological polar surface area (TPSA) is 51.8 Å². The van der Waals surface area contributed by atoms with E-state index >= 15 is 0 Å². The van der Waals surface area contributed by atoms with Gasteiger partial charge in [0.05, 0.1) is 14.2 Å². The highest BCUT2D eigenvalue weighted by atomic mass is 32.1. The zero-order valence-electron chi connectivity index (χ0n) is 13.7. The molecule has 0 spiro atoms. The lowest BCUT2D eigenvalue weighted by Gasteiger charge is -2.13. The van der Waals surface area contributed by atoms with Crippen LogP contribution in [0.4, 0.5) is 14.5 Å². The Bertz CT molecular complexity index is 712. The smallest absolute Gasteiger partial charge is 0.387 e. The van der Waals surface area contributed by atoms with Crippen molar-refractivity contribution < 1.29 is 23.0 Å². The molecule has 0 amide bonds. The third-order valence-electron chi connectivity index (χ3n) is 3.25. The van der Waals surface area contributed by atoms with Crippen LogP contribution in [0.2, 0.25) is 0 Å². The number of nitrogens with one attached hydrogen (secondary N) is 2. The second-order valence-electron chi connectivity index (χ2n) is 4.90. The molecule has 2 rings (SSSR count). The van der Waals surface area contributed by atoms with Crippen molar-refractivity contribution in [3.63, 3.8) is 0 Å². The van der Waals surface area contributed by atoms with Gasteiger partial charge in [0.15, 0.2) is 16.6 Å². The summed E-state index contributed by atoms with van der Waals surface area (Å²) in [5.41, 5.74) is 1.62. The second kappa shape index (κ2) is 9.03. The summed E-state index contributed by atoms with van der Waals surface area (Å²) in [5.74, 6) is 0.969. The fourth-order valence-electron chi connectivity index (χ4n) is 2.05. The van der Waals surface area contributed by atoms with Gasteiger partial charge in [-0.1, -0.05) is 6.07 Å². The molecule has 25 heavy (non-hydrogen) atoms. The molecule has 2 aromatic carbocycles. The Hall–Kier alpha value is -2.61. The average molecular weight is 368 g/mol. The van der Waals surface area contributed by atoms with Crippen LogP contribution in [-0.4, -0.2) is 25.9 Å². The minimum Gasteiger partial charge on any atom is -0.497 e. The van der Waals surface area contributed by atoms with Crippen molar-refractivity contribution in [1.29, 1.82) is 0 Å². The van der Waals surface area contributed by atoms with Crippen molar-refractivity contribution in [2.45, 2.75) is 13.2 Å². The molecule has 0 aliphatic rings. The third-order valence-corrected chi connectivity index (χ3v) is 3.49. The Morgan fingerprint density at radius 3 is 2.36 bits per heavy atom. The van der Waals surface area contributed by atoms with E-state index in [0.717, 1.165) is 17.0 Å². The van der Waals surface area contributed by atoms with Crippen molar-refractivity contribution in [2.24, 2.45) is 0 Å². The predicted molar refractivity (Wildman–Crippen MR) is 95.7 cm³/mol. The van der Waals surface area contributed by atoms with Crippen LogP contribution in [0.25, 0.3) is 0 Å². The van der Waals surface area contributed by atoms with Gasteiger partial charge in [0, 0.05) is 12.2 Å². The lowest BCUT2D eigenvalue weighted by atomic mass is 10.2. The van der Waals surface area contributed by atoms with Crippen LogP contribution >= 0.6 is 12.2 Å². The van der Waals surface area contributed by atoms with Gasteiger partial charge in [0.2, 0.25) is 0 Å². The first kappa shape index (κ1) is 18.7. The number of hydrogen-bond acceptors (Lipinski definition) is 4. The number of ether oxygens (including phenoxy) is 3. The molecular weight excluding hydrogens is 350 g/mol. The summed E-state index contributed by atoms with van der Waals surface area (Å²) in [5, 5.41) is 6.50. The number of alkyl halides is 2. The Morgan fingerprint density at radius 1 is 1.04 bits per heavy atom. The molecule has 2 aromatic rings. The maximum absolute atomic E-state index is 12.3. The van der Waals surface area contributed by atoms with Gasteiger partial charge >= 0.3 is 6.61 Å². The zero-order chi connectivity index (χ0) is 18.2. The van der Waals surface area contributed by atoms with Crippen molar-refractivity contribution in [3.05, 3.63) is 48.0 Å². The molecule has 0 unspecified atom stereocenters. The number of hydrogen-bond donors (Lipinski definition) is 2. The molecule has 0 heterocycles. The molecule has 0 bridgehead atoms. The van der Waals surface area contributed by atoms with E-state index in [1.54, 1.807) is 19.2 Å². The van der Waals surface area contributed by atoms with Gasteiger partial charge in [-0.05, 0) is 54.2 Å². The van der Waals surface area contributed by atoms with Crippen molar-refractivity contribution in [3.8, 4) is 17.2 Å². The first-order chi connectivity index (χ1) is 12.0. The molecule has 0 fully saturated rings. The summed E-state index contributed by atoms with van der Waals surface area (Å²) in [6, 6.07) is 12.0. The van der Waals surface area contributed by atoms with E-state index in [1.807, 2.05) is 24.3 Å². The van der Waals surface area contributed by atoms with Crippen LogP contribution in [0.3, 0.4) is 0 Å². The normalized spacial score (nSPS) is 10.3. The highest BCUT2D eigenvalue weighted by Gasteiger charge is 2.11. The second-order valence-corrected chi connectivity index (χ2v) is 5.31. The molecule has 0 saturated heterocycles. The number of rotatable bonds is 7. The summed E-state index contributed by atoms with van der Waals surface area (Å²) in [6.07, 6.45) is 0. The monoisotopic (exact) mass is 368 g/mol. The minimum absolute atomic E-state index is 0.0137. The van der Waals surface area contributed by atoms with Crippen LogP contribution in [0, 0.1) is 0 Å². The third kappa shape index (κ3) is 5.75. The van der Waals surface area contributed by atoms with E-state index < -0.39 is 6.61 Å². The average Bonchev–Trinajstić information content (AvgIpc) is 2.61. The van der Waals surface area contributed by atoms with Gasteiger partial charge in [0.25, 0.3) is 0 Å². The zero-order valence-corrected chi connectivity index (χ0v) is 14.5. The van der Waals surface area contributed by atoms with E-state index in [0.29, 0.717) is 11.7 Å². The molecule has 8 heteroatoms. The maximum Gasteiger partial charge on any atom is 0.387 e. The quantitative estimate of drug-likeness (QED) is 0.725. The summed E-state index contributed by atoms with van der Waals surface area (Å²) in [7, 11) is 2.99. The number of methoxy groups -OCH3 is 2. The van der Waals surface area contributed by atoms with Crippen LogP contribution in [0.1, 0.15) is 5.56 Å². The fraction of sp³-hybridized carbons (Fsp3) is 0.235. The molecular formula is C17H18F2N2O3S. The number of anilines is 1. The Morgan fingerprint density at radius 2 is 1.76 bits per heavy atom. The van der Waals surface area contributed by atoms with Gasteiger partial charge in [-0.25, -0.2) is 0 Å². The maximum atomic E-state index is 12.3. The molecule has 0 aliphatic carbocycles. The number of halogens is 2. The van der Waals surface area contributed by atoms with Crippen LogP contribution < -0.4 is 24.8 Å². The summed E-state index contributed by atoms with van der Waals surface area (Å²) in [6.45, 7) is -2.51.